The van der Waals surface area contributed by atoms with E-state index in [4.69, 9.17) is 11.0 Å². The first-order valence-electron chi connectivity index (χ1n) is 7.10. The number of carbonyl (C=O) groups is 3. The fourth-order valence-corrected chi connectivity index (χ4v) is 2.43. The number of carbonyl (C=O) groups excluding carboxylic acids is 3. The van der Waals surface area contributed by atoms with Crippen LogP contribution in [0.5, 0.6) is 0 Å². The second kappa shape index (κ2) is 7.99. The first-order valence-corrected chi connectivity index (χ1v) is 7.91. The maximum absolute atomic E-state index is 12.4. The highest BCUT2D eigenvalue weighted by Crippen LogP contribution is 2.20. The van der Waals surface area contributed by atoms with E-state index in [1.54, 1.807) is 36.4 Å². The number of nitriles is 1. The van der Waals surface area contributed by atoms with Gasteiger partial charge in [0, 0.05) is 23.2 Å². The molecular weight excluding hydrogens is 340 g/mol. The van der Waals surface area contributed by atoms with E-state index in [2.05, 4.69) is 5.32 Å². The third kappa shape index (κ3) is 4.59. The van der Waals surface area contributed by atoms with Crippen molar-refractivity contribution in [2.45, 2.75) is 11.8 Å². The van der Waals surface area contributed by atoms with Crippen molar-refractivity contribution in [2.75, 3.05) is 16.0 Å². The van der Waals surface area contributed by atoms with Crippen molar-refractivity contribution in [2.24, 2.45) is 0 Å². The number of hydrogen-bond donors (Lipinski definition) is 2. The Hall–Kier alpha value is -3.31. The summed E-state index contributed by atoms with van der Waals surface area (Å²) in [5, 5.41) is 13.0. The molecule has 0 radical (unpaired) electrons. The number of rotatable bonds is 3. The Labute approximate surface area is 148 Å². The van der Waals surface area contributed by atoms with Gasteiger partial charge >= 0.3 is 11.8 Å². The number of hydrogen-bond acceptors (Lipinski definition) is 6. The molecule has 0 unspecified atom stereocenters. The van der Waals surface area contributed by atoms with Crippen molar-refractivity contribution in [3.63, 3.8) is 0 Å². The molecule has 0 fully saturated rings. The van der Waals surface area contributed by atoms with Crippen LogP contribution in [0, 0.1) is 10.7 Å². The van der Waals surface area contributed by atoms with Crippen LogP contribution < -0.4 is 16.0 Å². The van der Waals surface area contributed by atoms with Crippen molar-refractivity contribution >= 4 is 46.5 Å². The summed E-state index contributed by atoms with van der Waals surface area (Å²) < 4.78 is 0. The summed E-state index contributed by atoms with van der Waals surface area (Å²) in [5.74, 6) is -2.58. The van der Waals surface area contributed by atoms with Gasteiger partial charge < -0.3 is 11.1 Å². The van der Waals surface area contributed by atoms with Crippen LogP contribution in [-0.2, 0) is 14.4 Å². The van der Waals surface area contributed by atoms with Gasteiger partial charge in [-0.1, -0.05) is 6.07 Å². The molecule has 0 aliphatic carbocycles. The number of nitrogens with one attached hydrogen (secondary N) is 1. The van der Waals surface area contributed by atoms with Crippen LogP contribution in [0.15, 0.2) is 53.4 Å². The Bertz CT molecular complexity index is 859. The maximum atomic E-state index is 12.4. The monoisotopic (exact) mass is 354 g/mol. The number of nitrogens with zero attached hydrogens (tertiary/aromatic N) is 2. The van der Waals surface area contributed by atoms with Gasteiger partial charge in [-0.2, -0.15) is 5.26 Å². The van der Waals surface area contributed by atoms with E-state index in [9.17, 15) is 14.4 Å². The lowest BCUT2D eigenvalue weighted by Crippen LogP contribution is -2.42. The van der Waals surface area contributed by atoms with E-state index in [1.807, 2.05) is 5.40 Å². The SMILES string of the molecule is CC(=O)N(C(=O)C(=O)Nc1ccc(SC#N)cc1)c1cccc(N)c1. The molecule has 2 rings (SSSR count). The molecule has 0 spiro atoms. The normalized spacial score (nSPS) is 9.76. The van der Waals surface area contributed by atoms with Gasteiger partial charge in [0.25, 0.3) is 0 Å². The molecule has 0 aromatic heterocycles. The molecule has 3 N–H and O–H groups in total. The highest BCUT2D eigenvalue weighted by molar-refractivity contribution is 8.03. The van der Waals surface area contributed by atoms with Crippen LogP contribution in [0.2, 0.25) is 0 Å². The topological polar surface area (TPSA) is 116 Å². The third-order valence-corrected chi connectivity index (χ3v) is 3.72. The summed E-state index contributed by atoms with van der Waals surface area (Å²) in [7, 11) is 0. The summed E-state index contributed by atoms with van der Waals surface area (Å²) in [6.45, 7) is 1.18. The van der Waals surface area contributed by atoms with E-state index in [0.29, 0.717) is 16.3 Å². The first-order chi connectivity index (χ1) is 11.9. The van der Waals surface area contributed by atoms with Crippen LogP contribution in [0.25, 0.3) is 0 Å². The van der Waals surface area contributed by atoms with E-state index in [-0.39, 0.29) is 5.69 Å². The number of imide groups is 1. The van der Waals surface area contributed by atoms with Crippen molar-refractivity contribution in [1.29, 1.82) is 5.26 Å². The molecule has 0 heterocycles. The van der Waals surface area contributed by atoms with Gasteiger partial charge in [-0.25, -0.2) is 4.90 Å². The smallest absolute Gasteiger partial charge is 0.323 e. The van der Waals surface area contributed by atoms with Gasteiger partial charge in [-0.3, -0.25) is 14.4 Å². The van der Waals surface area contributed by atoms with Crippen LogP contribution in [-0.4, -0.2) is 17.7 Å². The Morgan fingerprint density at radius 2 is 1.84 bits per heavy atom. The molecule has 0 saturated heterocycles. The van der Waals surface area contributed by atoms with Gasteiger partial charge in [-0.15, -0.1) is 0 Å². The molecule has 8 heteroatoms. The molecule has 2 aromatic carbocycles. The zero-order valence-corrected chi connectivity index (χ0v) is 14.0. The summed E-state index contributed by atoms with van der Waals surface area (Å²) in [4.78, 5) is 37.8. The highest BCUT2D eigenvalue weighted by atomic mass is 32.2. The van der Waals surface area contributed by atoms with Gasteiger partial charge in [0.1, 0.15) is 5.40 Å². The molecule has 25 heavy (non-hydrogen) atoms. The number of thioether (sulfide) groups is 1. The molecule has 0 saturated carbocycles. The molecule has 0 atom stereocenters. The van der Waals surface area contributed by atoms with Crippen molar-refractivity contribution in [1.82, 2.24) is 0 Å². The van der Waals surface area contributed by atoms with E-state index >= 15 is 0 Å². The fraction of sp³-hybridized carbons (Fsp3) is 0.0588. The minimum Gasteiger partial charge on any atom is -0.399 e. The molecule has 0 aliphatic heterocycles. The predicted molar refractivity (Wildman–Crippen MR) is 95.6 cm³/mol. The molecule has 7 nitrogen and oxygen atoms in total. The number of thiocyanates is 1. The third-order valence-electron chi connectivity index (χ3n) is 3.12. The van der Waals surface area contributed by atoms with E-state index < -0.39 is 17.7 Å². The Morgan fingerprint density at radius 1 is 1.16 bits per heavy atom. The zero-order chi connectivity index (χ0) is 18.4. The first kappa shape index (κ1) is 18.0. The van der Waals surface area contributed by atoms with Crippen LogP contribution in [0.3, 0.4) is 0 Å². The van der Waals surface area contributed by atoms with Crippen molar-refractivity contribution in [3.05, 3.63) is 48.5 Å². The lowest BCUT2D eigenvalue weighted by molar-refractivity contribution is -0.136. The maximum Gasteiger partial charge on any atom is 0.323 e. The van der Waals surface area contributed by atoms with E-state index in [1.165, 1.54) is 19.1 Å². The zero-order valence-electron chi connectivity index (χ0n) is 13.2. The molecule has 0 aliphatic rings. The van der Waals surface area contributed by atoms with Crippen LogP contribution in [0.4, 0.5) is 17.1 Å². The molecule has 3 amide bonds. The molecule has 2 aromatic rings. The standard InChI is InChI=1S/C17H14N4O3S/c1-11(22)21(14-4-2-3-12(19)9-14)17(24)16(23)20-13-5-7-15(8-6-13)25-10-18/h2-9H,19H2,1H3,(H,20,23). The summed E-state index contributed by atoms with van der Waals surface area (Å²) in [5.41, 5.74) is 6.61. The van der Waals surface area contributed by atoms with Gasteiger partial charge in [0.05, 0.1) is 5.69 Å². The quantitative estimate of drug-likeness (QED) is 0.378. The number of nitrogens with two attached hydrogens (primary N) is 1. The number of benzene rings is 2. The van der Waals surface area contributed by atoms with Crippen LogP contribution in [0.1, 0.15) is 6.92 Å². The number of nitrogen functional groups attached to an aromatic ring is 1. The Kier molecular flexibility index (Phi) is 5.76. The summed E-state index contributed by atoms with van der Waals surface area (Å²) in [6, 6.07) is 12.5. The second-order valence-corrected chi connectivity index (χ2v) is 5.78. The Balaban J connectivity index is 2.17. The highest BCUT2D eigenvalue weighted by Gasteiger charge is 2.27. The summed E-state index contributed by atoms with van der Waals surface area (Å²) >= 11 is 0.978. The second-order valence-electron chi connectivity index (χ2n) is 4.93. The lowest BCUT2D eigenvalue weighted by Gasteiger charge is -2.19. The van der Waals surface area contributed by atoms with Crippen molar-refractivity contribution in [3.8, 4) is 5.40 Å². The minimum absolute atomic E-state index is 0.216. The summed E-state index contributed by atoms with van der Waals surface area (Å²) in [6.07, 6.45) is 0. The largest absolute Gasteiger partial charge is 0.399 e. The van der Waals surface area contributed by atoms with Crippen LogP contribution >= 0.6 is 11.8 Å². The molecular formula is C17H14N4O3S. The Morgan fingerprint density at radius 3 is 2.40 bits per heavy atom. The average Bonchev–Trinajstić information content (AvgIpc) is 2.56. The number of amides is 3. The van der Waals surface area contributed by atoms with Crippen molar-refractivity contribution < 1.29 is 14.4 Å². The fourth-order valence-electron chi connectivity index (χ4n) is 2.05. The van der Waals surface area contributed by atoms with Gasteiger partial charge in [0.2, 0.25) is 5.91 Å². The lowest BCUT2D eigenvalue weighted by atomic mass is 10.2. The van der Waals surface area contributed by atoms with Gasteiger partial charge in [-0.05, 0) is 54.2 Å². The molecule has 126 valence electrons. The predicted octanol–water partition coefficient (Wildman–Crippen LogP) is 2.36. The molecule has 0 bridgehead atoms. The van der Waals surface area contributed by atoms with E-state index in [0.717, 1.165) is 16.7 Å². The number of anilines is 3. The average molecular weight is 354 g/mol. The van der Waals surface area contributed by atoms with Gasteiger partial charge in [0.15, 0.2) is 0 Å². The minimum atomic E-state index is -1.02.